The molecule has 1 heterocycles. The Bertz CT molecular complexity index is 1140. The Hall–Kier alpha value is -2.54. The summed E-state index contributed by atoms with van der Waals surface area (Å²) in [7, 11) is 0. The first-order valence-corrected chi connectivity index (χ1v) is 10.6. The van der Waals surface area contributed by atoms with E-state index in [1.807, 2.05) is 12.1 Å². The molecule has 162 valence electrons. The minimum Gasteiger partial charge on any atom is -0.480 e. The Balaban J connectivity index is 2.17. The van der Waals surface area contributed by atoms with E-state index in [1.54, 1.807) is 55.8 Å². The summed E-state index contributed by atoms with van der Waals surface area (Å²) >= 11 is 18.5. The third kappa shape index (κ3) is 4.87. The first-order valence-electron chi connectivity index (χ1n) is 9.44. The molecule has 2 aromatic carbocycles. The van der Waals surface area contributed by atoms with Crippen LogP contribution in [-0.4, -0.2) is 32.8 Å². The van der Waals surface area contributed by atoms with Crippen LogP contribution in [0.25, 0.3) is 16.9 Å². The van der Waals surface area contributed by atoms with Crippen LogP contribution in [0.3, 0.4) is 0 Å². The van der Waals surface area contributed by atoms with Crippen molar-refractivity contribution in [2.75, 3.05) is 0 Å². The molecule has 1 atom stereocenters. The molecule has 6 nitrogen and oxygen atoms in total. The summed E-state index contributed by atoms with van der Waals surface area (Å²) in [5.74, 6) is -2.00. The van der Waals surface area contributed by atoms with Crippen molar-refractivity contribution in [3.05, 3.63) is 68.8 Å². The van der Waals surface area contributed by atoms with Crippen molar-refractivity contribution in [3.8, 4) is 16.9 Å². The monoisotopic (exact) mass is 479 g/mol. The lowest BCUT2D eigenvalue weighted by atomic mass is 10.0. The second kappa shape index (κ2) is 9.30. The minimum atomic E-state index is -1.11. The van der Waals surface area contributed by atoms with Gasteiger partial charge in [-0.25, -0.2) is 9.48 Å². The first-order chi connectivity index (χ1) is 14.6. The van der Waals surface area contributed by atoms with Gasteiger partial charge in [-0.2, -0.15) is 5.10 Å². The average molecular weight is 481 g/mol. The summed E-state index contributed by atoms with van der Waals surface area (Å²) in [4.78, 5) is 24.5. The molecule has 0 saturated heterocycles. The summed E-state index contributed by atoms with van der Waals surface area (Å²) in [6.07, 6.45) is 0. The van der Waals surface area contributed by atoms with Gasteiger partial charge in [-0.3, -0.25) is 4.79 Å². The number of aromatic nitrogens is 2. The molecule has 0 saturated carbocycles. The second-order valence-corrected chi connectivity index (χ2v) is 8.65. The van der Waals surface area contributed by atoms with Gasteiger partial charge in [0.15, 0.2) is 5.69 Å². The van der Waals surface area contributed by atoms with Gasteiger partial charge in [-0.05, 0) is 43.2 Å². The van der Waals surface area contributed by atoms with Crippen molar-refractivity contribution in [2.24, 2.45) is 5.92 Å². The number of nitrogens with one attached hydrogen (secondary N) is 1. The number of carbonyl (C=O) groups excluding carboxylic acids is 1. The molecule has 2 N–H and O–H groups in total. The quantitative estimate of drug-likeness (QED) is 0.478. The Kier molecular flexibility index (Phi) is 6.94. The third-order valence-corrected chi connectivity index (χ3v) is 5.60. The molecule has 1 aromatic heterocycles. The molecular weight excluding hydrogens is 461 g/mol. The number of amides is 1. The number of carboxylic acids is 1. The lowest BCUT2D eigenvalue weighted by molar-refractivity contribution is -0.140. The van der Waals surface area contributed by atoms with Gasteiger partial charge in [0.05, 0.1) is 16.4 Å². The highest BCUT2D eigenvalue weighted by atomic mass is 35.5. The van der Waals surface area contributed by atoms with Crippen LogP contribution in [0.1, 0.15) is 29.9 Å². The lowest BCUT2D eigenvalue weighted by Crippen LogP contribution is -2.44. The second-order valence-electron chi connectivity index (χ2n) is 7.37. The molecule has 31 heavy (non-hydrogen) atoms. The predicted molar refractivity (Wildman–Crippen MR) is 122 cm³/mol. The molecule has 9 heteroatoms. The number of nitrogens with zero attached hydrogens (tertiary/aromatic N) is 2. The van der Waals surface area contributed by atoms with Crippen molar-refractivity contribution in [1.29, 1.82) is 0 Å². The van der Waals surface area contributed by atoms with Gasteiger partial charge in [-0.1, -0.05) is 60.8 Å². The highest BCUT2D eigenvalue weighted by Crippen LogP contribution is 2.33. The van der Waals surface area contributed by atoms with E-state index in [0.717, 1.165) is 5.56 Å². The smallest absolute Gasteiger partial charge is 0.326 e. The molecular formula is C22H20Cl3N3O3. The van der Waals surface area contributed by atoms with Crippen LogP contribution in [-0.2, 0) is 4.79 Å². The molecule has 1 amide bonds. The molecule has 0 spiro atoms. The van der Waals surface area contributed by atoms with E-state index in [1.165, 1.54) is 0 Å². The Labute approximate surface area is 194 Å². The van der Waals surface area contributed by atoms with Crippen molar-refractivity contribution < 1.29 is 14.7 Å². The number of benzene rings is 2. The van der Waals surface area contributed by atoms with Crippen molar-refractivity contribution in [3.63, 3.8) is 0 Å². The first kappa shape index (κ1) is 23.1. The van der Waals surface area contributed by atoms with Crippen molar-refractivity contribution >= 4 is 46.7 Å². The molecule has 0 bridgehead atoms. The highest BCUT2D eigenvalue weighted by Gasteiger charge is 2.28. The molecule has 0 fully saturated rings. The predicted octanol–water partition coefficient (Wildman–Crippen LogP) is 5.65. The standard InChI is InChI=1S/C22H20Cl3N3O3/c1-11(2)18(22(30)31)26-21(29)19-12(3)20(13-4-6-14(23)7-5-13)28(27-19)17-9-8-15(24)10-16(17)25/h4-11,18H,1-3H3,(H,26,29)(H,30,31)/t18-/m1/s1. The van der Waals surface area contributed by atoms with Crippen LogP contribution in [0.15, 0.2) is 42.5 Å². The fourth-order valence-electron chi connectivity index (χ4n) is 3.21. The van der Waals surface area contributed by atoms with Crippen LogP contribution in [0.5, 0.6) is 0 Å². The fourth-order valence-corrected chi connectivity index (χ4v) is 3.82. The molecule has 0 radical (unpaired) electrons. The van der Waals surface area contributed by atoms with Crippen LogP contribution in [0.2, 0.25) is 15.1 Å². The Morgan fingerprint density at radius 2 is 1.65 bits per heavy atom. The van der Waals surface area contributed by atoms with Gasteiger partial charge in [-0.15, -0.1) is 0 Å². The van der Waals surface area contributed by atoms with Gasteiger partial charge in [0.2, 0.25) is 0 Å². The van der Waals surface area contributed by atoms with Crippen LogP contribution >= 0.6 is 34.8 Å². The summed E-state index contributed by atoms with van der Waals surface area (Å²) in [5, 5.41) is 17.9. The van der Waals surface area contributed by atoms with Crippen LogP contribution in [0.4, 0.5) is 0 Å². The van der Waals surface area contributed by atoms with E-state index < -0.39 is 17.9 Å². The van der Waals surface area contributed by atoms with E-state index in [2.05, 4.69) is 10.4 Å². The zero-order valence-electron chi connectivity index (χ0n) is 17.0. The maximum Gasteiger partial charge on any atom is 0.326 e. The van der Waals surface area contributed by atoms with Gasteiger partial charge in [0, 0.05) is 21.2 Å². The molecule has 3 aromatic rings. The number of carbonyl (C=O) groups is 2. The number of rotatable bonds is 6. The molecule has 0 unspecified atom stereocenters. The average Bonchev–Trinajstić information content (AvgIpc) is 3.03. The number of halogens is 3. The zero-order chi connectivity index (χ0) is 22.9. The topological polar surface area (TPSA) is 84.2 Å². The van der Waals surface area contributed by atoms with E-state index in [0.29, 0.717) is 32.0 Å². The lowest BCUT2D eigenvalue weighted by Gasteiger charge is -2.17. The minimum absolute atomic E-state index is 0.0999. The maximum absolute atomic E-state index is 13.0. The van der Waals surface area contributed by atoms with Crippen molar-refractivity contribution in [1.82, 2.24) is 15.1 Å². The van der Waals surface area contributed by atoms with Crippen molar-refractivity contribution in [2.45, 2.75) is 26.8 Å². The van der Waals surface area contributed by atoms with Gasteiger partial charge < -0.3 is 10.4 Å². The molecule has 0 aliphatic heterocycles. The van der Waals surface area contributed by atoms with E-state index in [9.17, 15) is 14.7 Å². The van der Waals surface area contributed by atoms with E-state index in [4.69, 9.17) is 34.8 Å². The number of carboxylic acid groups (broad SMARTS) is 1. The third-order valence-electron chi connectivity index (χ3n) is 4.81. The largest absolute Gasteiger partial charge is 0.480 e. The van der Waals surface area contributed by atoms with E-state index >= 15 is 0 Å². The van der Waals surface area contributed by atoms with Gasteiger partial charge in [0.1, 0.15) is 6.04 Å². The normalized spacial score (nSPS) is 12.1. The van der Waals surface area contributed by atoms with Crippen LogP contribution in [0, 0.1) is 12.8 Å². The Morgan fingerprint density at radius 1 is 1.03 bits per heavy atom. The molecule has 3 rings (SSSR count). The number of hydrogen-bond acceptors (Lipinski definition) is 3. The molecule has 0 aliphatic rings. The summed E-state index contributed by atoms with van der Waals surface area (Å²) in [6, 6.07) is 11.0. The summed E-state index contributed by atoms with van der Waals surface area (Å²) < 4.78 is 1.55. The highest BCUT2D eigenvalue weighted by molar-refractivity contribution is 6.35. The number of hydrogen-bond donors (Lipinski definition) is 2. The van der Waals surface area contributed by atoms with Crippen LogP contribution < -0.4 is 5.32 Å². The Morgan fingerprint density at radius 3 is 2.19 bits per heavy atom. The number of aliphatic carboxylic acids is 1. The van der Waals surface area contributed by atoms with Gasteiger partial charge >= 0.3 is 5.97 Å². The molecule has 0 aliphatic carbocycles. The SMILES string of the molecule is Cc1c(C(=O)N[C@@H](C(=O)O)C(C)C)nn(-c2ccc(Cl)cc2Cl)c1-c1ccc(Cl)cc1. The summed E-state index contributed by atoms with van der Waals surface area (Å²) in [5.41, 5.74) is 2.58. The summed E-state index contributed by atoms with van der Waals surface area (Å²) in [6.45, 7) is 5.19. The zero-order valence-corrected chi connectivity index (χ0v) is 19.3. The van der Waals surface area contributed by atoms with Gasteiger partial charge in [0.25, 0.3) is 5.91 Å². The maximum atomic E-state index is 13.0. The fraction of sp³-hybridized carbons (Fsp3) is 0.227. The van der Waals surface area contributed by atoms with E-state index in [-0.39, 0.29) is 11.6 Å².